The Labute approximate surface area is 181 Å². The molecule has 0 spiro atoms. The van der Waals surface area contributed by atoms with Crippen molar-refractivity contribution in [2.24, 2.45) is 0 Å². The lowest BCUT2D eigenvalue weighted by atomic mass is 10.1. The smallest absolute Gasteiger partial charge is 0.238 e. The van der Waals surface area contributed by atoms with Gasteiger partial charge >= 0.3 is 0 Å². The molecule has 1 saturated carbocycles. The Morgan fingerprint density at radius 2 is 2.00 bits per heavy atom. The number of likely N-dealkylation sites (tertiary alicyclic amines) is 1. The van der Waals surface area contributed by atoms with E-state index in [1.165, 1.54) is 11.8 Å². The second-order valence-electron chi connectivity index (χ2n) is 7.96. The molecular weight excluding hydrogens is 398 g/mol. The summed E-state index contributed by atoms with van der Waals surface area (Å²) in [6, 6.07) is 10.1. The van der Waals surface area contributed by atoms with Gasteiger partial charge < -0.3 is 14.8 Å². The number of benzene rings is 1. The SMILES string of the molecule is CCn1c(CN2CCCCCC2=O)nnc1S[C@@H](C(=O)NC1CC1)c1ccccc1. The highest BCUT2D eigenvalue weighted by molar-refractivity contribution is 8.00. The molecule has 4 rings (SSSR count). The first-order chi connectivity index (χ1) is 14.7. The van der Waals surface area contributed by atoms with E-state index >= 15 is 0 Å². The number of hydrogen-bond acceptors (Lipinski definition) is 5. The highest BCUT2D eigenvalue weighted by Gasteiger charge is 2.31. The third kappa shape index (κ3) is 5.03. The minimum absolute atomic E-state index is 0.0172. The second kappa shape index (κ2) is 9.64. The summed E-state index contributed by atoms with van der Waals surface area (Å²) < 4.78 is 2.03. The number of amides is 2. The van der Waals surface area contributed by atoms with Crippen molar-refractivity contribution in [1.82, 2.24) is 25.0 Å². The molecule has 160 valence electrons. The van der Waals surface area contributed by atoms with E-state index in [2.05, 4.69) is 15.5 Å². The zero-order valence-corrected chi connectivity index (χ0v) is 18.2. The number of nitrogens with one attached hydrogen (secondary N) is 1. The standard InChI is InChI=1S/C22H29N5O2S/c1-2-27-18(15-26-14-8-4-7-11-19(26)28)24-25-22(27)30-20(16-9-5-3-6-10-16)21(29)23-17-12-13-17/h3,5-6,9-10,17,20H,2,4,7-8,11-15H2,1H3,(H,23,29)/t20-/m1/s1. The number of aromatic nitrogens is 3. The van der Waals surface area contributed by atoms with Gasteiger partial charge in [-0.3, -0.25) is 9.59 Å². The van der Waals surface area contributed by atoms with Gasteiger partial charge in [0.25, 0.3) is 0 Å². The van der Waals surface area contributed by atoms with Gasteiger partial charge in [-0.1, -0.05) is 48.5 Å². The van der Waals surface area contributed by atoms with Crippen LogP contribution in [0.1, 0.15) is 62.1 Å². The normalized spacial score (nSPS) is 18.2. The zero-order chi connectivity index (χ0) is 20.9. The Morgan fingerprint density at radius 3 is 2.73 bits per heavy atom. The summed E-state index contributed by atoms with van der Waals surface area (Å²) in [6.07, 6.45) is 5.81. The van der Waals surface area contributed by atoms with Crippen molar-refractivity contribution in [3.63, 3.8) is 0 Å². The van der Waals surface area contributed by atoms with Crippen LogP contribution in [0.3, 0.4) is 0 Å². The maximum absolute atomic E-state index is 13.0. The first-order valence-electron chi connectivity index (χ1n) is 10.9. The van der Waals surface area contributed by atoms with Crippen LogP contribution in [0.4, 0.5) is 0 Å². The molecule has 0 radical (unpaired) electrons. The van der Waals surface area contributed by atoms with E-state index in [0.29, 0.717) is 25.6 Å². The van der Waals surface area contributed by atoms with E-state index < -0.39 is 0 Å². The molecule has 1 aliphatic heterocycles. The van der Waals surface area contributed by atoms with Crippen LogP contribution < -0.4 is 5.32 Å². The average Bonchev–Trinajstić information content (AvgIpc) is 3.52. The summed E-state index contributed by atoms with van der Waals surface area (Å²) in [5.74, 6) is 0.992. The van der Waals surface area contributed by atoms with E-state index in [1.807, 2.05) is 46.7 Å². The van der Waals surface area contributed by atoms with Crippen molar-refractivity contribution in [1.29, 1.82) is 0 Å². The monoisotopic (exact) mass is 427 g/mol. The van der Waals surface area contributed by atoms with Crippen LogP contribution in [0.2, 0.25) is 0 Å². The molecule has 2 heterocycles. The maximum atomic E-state index is 13.0. The van der Waals surface area contributed by atoms with Crippen LogP contribution >= 0.6 is 11.8 Å². The number of nitrogens with zero attached hydrogens (tertiary/aromatic N) is 4. The minimum Gasteiger partial charge on any atom is -0.352 e. The fraction of sp³-hybridized carbons (Fsp3) is 0.545. The lowest BCUT2D eigenvalue weighted by Crippen LogP contribution is -2.31. The summed E-state index contributed by atoms with van der Waals surface area (Å²) in [4.78, 5) is 27.3. The molecule has 1 atom stereocenters. The van der Waals surface area contributed by atoms with E-state index in [9.17, 15) is 9.59 Å². The molecule has 2 aromatic rings. The van der Waals surface area contributed by atoms with Crippen molar-refractivity contribution in [3.05, 3.63) is 41.7 Å². The number of hydrogen-bond donors (Lipinski definition) is 1. The van der Waals surface area contributed by atoms with Crippen LogP contribution in [0.15, 0.2) is 35.5 Å². The molecule has 2 amide bonds. The summed E-state index contributed by atoms with van der Waals surface area (Å²) in [7, 11) is 0. The number of thioether (sulfide) groups is 1. The Balaban J connectivity index is 1.54. The third-order valence-corrected chi connectivity index (χ3v) is 6.84. The largest absolute Gasteiger partial charge is 0.352 e. The Morgan fingerprint density at radius 1 is 1.20 bits per heavy atom. The van der Waals surface area contributed by atoms with Crippen molar-refractivity contribution in [2.75, 3.05) is 6.54 Å². The maximum Gasteiger partial charge on any atom is 0.238 e. The Hall–Kier alpha value is -2.35. The fourth-order valence-corrected chi connectivity index (χ4v) is 4.86. The van der Waals surface area contributed by atoms with Crippen LogP contribution in [-0.2, 0) is 22.7 Å². The van der Waals surface area contributed by atoms with Crippen LogP contribution in [0, 0.1) is 0 Å². The van der Waals surface area contributed by atoms with Crippen molar-refractivity contribution in [2.45, 2.75) is 75.0 Å². The molecule has 8 heteroatoms. The van der Waals surface area contributed by atoms with Gasteiger partial charge in [-0.25, -0.2) is 0 Å². The number of carbonyl (C=O) groups excluding carboxylic acids is 2. The van der Waals surface area contributed by atoms with E-state index in [4.69, 9.17) is 0 Å². The molecule has 1 aromatic heterocycles. The second-order valence-corrected chi connectivity index (χ2v) is 9.03. The molecule has 1 aliphatic carbocycles. The molecule has 1 N–H and O–H groups in total. The number of rotatable bonds is 8. The molecule has 1 saturated heterocycles. The van der Waals surface area contributed by atoms with E-state index in [1.54, 1.807) is 0 Å². The molecule has 1 aromatic carbocycles. The quantitative estimate of drug-likeness (QED) is 0.654. The molecule has 0 bridgehead atoms. The molecule has 0 unspecified atom stereocenters. The van der Waals surface area contributed by atoms with Crippen LogP contribution in [0.25, 0.3) is 0 Å². The van der Waals surface area contributed by atoms with Gasteiger partial charge in [-0.05, 0) is 38.2 Å². The summed E-state index contributed by atoms with van der Waals surface area (Å²) >= 11 is 1.43. The van der Waals surface area contributed by atoms with Gasteiger partial charge in [0.05, 0.1) is 6.54 Å². The van der Waals surface area contributed by atoms with Crippen molar-refractivity contribution in [3.8, 4) is 0 Å². The molecular formula is C22H29N5O2S. The van der Waals surface area contributed by atoms with Gasteiger partial charge in [-0.15, -0.1) is 10.2 Å². The fourth-order valence-electron chi connectivity index (χ4n) is 3.73. The summed E-state index contributed by atoms with van der Waals surface area (Å²) in [5, 5.41) is 12.3. The Bertz CT molecular complexity index is 881. The van der Waals surface area contributed by atoms with Gasteiger partial charge in [0.1, 0.15) is 5.25 Å². The third-order valence-electron chi connectivity index (χ3n) is 5.60. The predicted octanol–water partition coefficient (Wildman–Crippen LogP) is 3.31. The average molecular weight is 428 g/mol. The van der Waals surface area contributed by atoms with Gasteiger partial charge in [0.15, 0.2) is 11.0 Å². The Kier molecular flexibility index (Phi) is 6.72. The number of carbonyl (C=O) groups is 2. The summed E-state index contributed by atoms with van der Waals surface area (Å²) in [5.41, 5.74) is 0.954. The minimum atomic E-state index is -0.381. The van der Waals surface area contributed by atoms with Gasteiger partial charge in [0.2, 0.25) is 11.8 Å². The van der Waals surface area contributed by atoms with Crippen molar-refractivity contribution >= 4 is 23.6 Å². The molecule has 7 nitrogen and oxygen atoms in total. The van der Waals surface area contributed by atoms with Gasteiger partial charge in [-0.2, -0.15) is 0 Å². The molecule has 2 aliphatic rings. The van der Waals surface area contributed by atoms with Crippen LogP contribution in [0.5, 0.6) is 0 Å². The first-order valence-corrected chi connectivity index (χ1v) is 11.8. The highest BCUT2D eigenvalue weighted by atomic mass is 32.2. The lowest BCUT2D eigenvalue weighted by molar-refractivity contribution is -0.131. The molecule has 30 heavy (non-hydrogen) atoms. The van der Waals surface area contributed by atoms with Crippen LogP contribution in [-0.4, -0.2) is 44.1 Å². The predicted molar refractivity (Wildman–Crippen MR) is 116 cm³/mol. The summed E-state index contributed by atoms with van der Waals surface area (Å²) in [6.45, 7) is 3.99. The zero-order valence-electron chi connectivity index (χ0n) is 17.4. The molecule has 2 fully saturated rings. The van der Waals surface area contributed by atoms with E-state index in [0.717, 1.165) is 55.2 Å². The van der Waals surface area contributed by atoms with Crippen molar-refractivity contribution < 1.29 is 9.59 Å². The van der Waals surface area contributed by atoms with E-state index in [-0.39, 0.29) is 17.1 Å². The van der Waals surface area contributed by atoms with Gasteiger partial charge in [0, 0.05) is 25.6 Å². The highest BCUT2D eigenvalue weighted by Crippen LogP contribution is 2.36. The lowest BCUT2D eigenvalue weighted by Gasteiger charge is -2.21. The first kappa shape index (κ1) is 20.9. The topological polar surface area (TPSA) is 80.1 Å².